The highest BCUT2D eigenvalue weighted by atomic mass is 79.9. The van der Waals surface area contributed by atoms with Crippen molar-refractivity contribution in [2.24, 2.45) is 0 Å². The predicted molar refractivity (Wildman–Crippen MR) is 60.1 cm³/mol. The van der Waals surface area contributed by atoms with Gasteiger partial charge in [-0.3, -0.25) is 0 Å². The molecule has 16 heavy (non-hydrogen) atoms. The molecule has 0 bridgehead atoms. The van der Waals surface area contributed by atoms with E-state index in [-0.39, 0.29) is 6.04 Å². The van der Waals surface area contributed by atoms with Crippen LogP contribution in [0.2, 0.25) is 0 Å². The lowest BCUT2D eigenvalue weighted by molar-refractivity contribution is -0.134. The van der Waals surface area contributed by atoms with Crippen molar-refractivity contribution < 1.29 is 21.6 Å². The normalized spacial score (nSPS) is 15.1. The van der Waals surface area contributed by atoms with E-state index >= 15 is 0 Å². The average Bonchev–Trinajstić information content (AvgIpc) is 2.11. The summed E-state index contributed by atoms with van der Waals surface area (Å²) in [6, 6.07) is -0.268. The van der Waals surface area contributed by atoms with Crippen LogP contribution in [0.3, 0.4) is 0 Å². The van der Waals surface area contributed by atoms with Crippen LogP contribution in [0.15, 0.2) is 0 Å². The molecular formula is C8H15BrF3NO2S. The molecule has 0 aromatic rings. The first-order valence-electron chi connectivity index (χ1n) is 4.83. The Morgan fingerprint density at radius 1 is 1.38 bits per heavy atom. The zero-order valence-electron chi connectivity index (χ0n) is 8.85. The molecule has 0 aliphatic heterocycles. The van der Waals surface area contributed by atoms with Gasteiger partial charge in [-0.2, -0.15) is 13.2 Å². The van der Waals surface area contributed by atoms with E-state index in [9.17, 15) is 21.6 Å². The average molecular weight is 326 g/mol. The minimum Gasteiger partial charge on any atom is -0.212 e. The van der Waals surface area contributed by atoms with Crippen molar-refractivity contribution in [1.82, 2.24) is 4.72 Å². The predicted octanol–water partition coefficient (Wildman–Crippen LogP) is 2.42. The van der Waals surface area contributed by atoms with E-state index < -0.39 is 34.8 Å². The second kappa shape index (κ2) is 6.80. The molecule has 0 aromatic heterocycles. The quantitative estimate of drug-likeness (QED) is 0.731. The molecule has 0 aromatic carbocycles. The fraction of sp³-hybridized carbons (Fsp3) is 1.00. The van der Waals surface area contributed by atoms with Gasteiger partial charge in [0.15, 0.2) is 0 Å². The maximum absolute atomic E-state index is 11.8. The van der Waals surface area contributed by atoms with E-state index in [0.29, 0.717) is 11.8 Å². The Kier molecular flexibility index (Phi) is 6.88. The van der Waals surface area contributed by atoms with Crippen molar-refractivity contribution in [3.8, 4) is 0 Å². The van der Waals surface area contributed by atoms with E-state index in [1.807, 2.05) is 0 Å². The lowest BCUT2D eigenvalue weighted by Crippen LogP contribution is -2.37. The lowest BCUT2D eigenvalue weighted by atomic mass is 10.3. The largest absolute Gasteiger partial charge is 0.389 e. The number of sulfonamides is 1. The van der Waals surface area contributed by atoms with E-state index in [4.69, 9.17) is 0 Å². The van der Waals surface area contributed by atoms with Crippen LogP contribution in [0.25, 0.3) is 0 Å². The van der Waals surface area contributed by atoms with Gasteiger partial charge in [-0.25, -0.2) is 13.1 Å². The monoisotopic (exact) mass is 325 g/mol. The number of hydrogen-bond acceptors (Lipinski definition) is 2. The fourth-order valence-electron chi connectivity index (χ4n) is 0.999. The van der Waals surface area contributed by atoms with Crippen molar-refractivity contribution in [2.45, 2.75) is 38.4 Å². The highest BCUT2D eigenvalue weighted by molar-refractivity contribution is 9.09. The molecule has 8 heteroatoms. The summed E-state index contributed by atoms with van der Waals surface area (Å²) in [4.78, 5) is 0. The van der Waals surface area contributed by atoms with Gasteiger partial charge in [0, 0.05) is 17.8 Å². The molecule has 0 saturated heterocycles. The molecule has 1 N–H and O–H groups in total. The molecule has 0 aliphatic rings. The second-order valence-electron chi connectivity index (χ2n) is 3.41. The first-order valence-corrected chi connectivity index (χ1v) is 7.60. The number of nitrogens with one attached hydrogen (secondary N) is 1. The van der Waals surface area contributed by atoms with Crippen LogP contribution in [-0.4, -0.2) is 31.7 Å². The van der Waals surface area contributed by atoms with Gasteiger partial charge in [0.05, 0.1) is 5.75 Å². The van der Waals surface area contributed by atoms with Crippen LogP contribution < -0.4 is 4.72 Å². The highest BCUT2D eigenvalue weighted by Gasteiger charge is 2.27. The van der Waals surface area contributed by atoms with Crippen LogP contribution in [0.4, 0.5) is 13.2 Å². The third kappa shape index (κ3) is 8.35. The SMILES string of the molecule is CCC(CBr)NS(=O)(=O)CCCC(F)(F)F. The van der Waals surface area contributed by atoms with Gasteiger partial charge in [-0.05, 0) is 12.8 Å². The summed E-state index contributed by atoms with van der Waals surface area (Å²) in [6.07, 6.45) is -5.19. The summed E-state index contributed by atoms with van der Waals surface area (Å²) >= 11 is 3.12. The summed E-state index contributed by atoms with van der Waals surface area (Å²) in [5.74, 6) is -0.490. The summed E-state index contributed by atoms with van der Waals surface area (Å²) in [5, 5.41) is 0.446. The molecule has 0 saturated carbocycles. The van der Waals surface area contributed by atoms with Crippen LogP contribution in [0.5, 0.6) is 0 Å². The molecule has 1 atom stereocenters. The maximum atomic E-state index is 11.8. The number of rotatable bonds is 7. The number of alkyl halides is 4. The van der Waals surface area contributed by atoms with E-state index in [1.54, 1.807) is 6.92 Å². The van der Waals surface area contributed by atoms with Gasteiger partial charge in [0.1, 0.15) is 0 Å². The molecule has 0 fully saturated rings. The molecule has 0 amide bonds. The lowest BCUT2D eigenvalue weighted by Gasteiger charge is -2.14. The Bertz CT molecular complexity index is 288. The van der Waals surface area contributed by atoms with Crippen molar-refractivity contribution in [3.05, 3.63) is 0 Å². The summed E-state index contributed by atoms with van der Waals surface area (Å²) in [7, 11) is -3.61. The van der Waals surface area contributed by atoms with Gasteiger partial charge in [0.2, 0.25) is 10.0 Å². The van der Waals surface area contributed by atoms with Gasteiger partial charge in [-0.15, -0.1) is 0 Å². The van der Waals surface area contributed by atoms with Crippen molar-refractivity contribution >= 4 is 26.0 Å². The molecule has 0 aliphatic carbocycles. The number of halogens is 4. The van der Waals surface area contributed by atoms with E-state index in [2.05, 4.69) is 20.7 Å². The van der Waals surface area contributed by atoms with Crippen LogP contribution >= 0.6 is 15.9 Å². The van der Waals surface area contributed by atoms with E-state index in [0.717, 1.165) is 0 Å². The third-order valence-corrected chi connectivity index (χ3v) is 4.20. The minimum atomic E-state index is -4.30. The molecule has 3 nitrogen and oxygen atoms in total. The summed E-state index contributed by atoms with van der Waals surface area (Å²) < 4.78 is 60.4. The number of hydrogen-bond donors (Lipinski definition) is 1. The van der Waals surface area contributed by atoms with Crippen molar-refractivity contribution in [2.75, 3.05) is 11.1 Å². The van der Waals surface area contributed by atoms with Gasteiger partial charge < -0.3 is 0 Å². The van der Waals surface area contributed by atoms with Crippen LogP contribution in [0, 0.1) is 0 Å². The molecule has 0 radical (unpaired) electrons. The summed E-state index contributed by atoms with van der Waals surface area (Å²) in [6.45, 7) is 1.80. The van der Waals surface area contributed by atoms with Gasteiger partial charge >= 0.3 is 6.18 Å². The zero-order valence-corrected chi connectivity index (χ0v) is 11.3. The zero-order chi connectivity index (χ0) is 12.8. The first-order chi connectivity index (χ1) is 7.20. The summed E-state index contributed by atoms with van der Waals surface area (Å²) in [5.41, 5.74) is 0. The van der Waals surface area contributed by atoms with Crippen LogP contribution in [-0.2, 0) is 10.0 Å². The molecular weight excluding hydrogens is 311 g/mol. The molecule has 1 unspecified atom stereocenters. The molecule has 0 rings (SSSR count). The molecule has 0 spiro atoms. The maximum Gasteiger partial charge on any atom is 0.389 e. The third-order valence-electron chi connectivity index (χ3n) is 1.90. The van der Waals surface area contributed by atoms with E-state index in [1.165, 1.54) is 0 Å². The van der Waals surface area contributed by atoms with Crippen molar-refractivity contribution in [1.29, 1.82) is 0 Å². The van der Waals surface area contributed by atoms with Crippen LogP contribution in [0.1, 0.15) is 26.2 Å². The Morgan fingerprint density at radius 2 is 1.94 bits per heavy atom. The first kappa shape index (κ1) is 16.2. The second-order valence-corrected chi connectivity index (χ2v) is 5.94. The Morgan fingerprint density at radius 3 is 2.31 bits per heavy atom. The van der Waals surface area contributed by atoms with Gasteiger partial charge in [-0.1, -0.05) is 22.9 Å². The Labute approximate surface area is 102 Å². The fourth-order valence-corrected chi connectivity index (χ4v) is 3.23. The molecule has 0 heterocycles. The topological polar surface area (TPSA) is 46.2 Å². The smallest absolute Gasteiger partial charge is 0.212 e. The standard InChI is InChI=1S/C8H15BrF3NO2S/c1-2-7(6-9)13-16(14,15)5-3-4-8(10,11)12/h7,13H,2-6H2,1H3. The van der Waals surface area contributed by atoms with Gasteiger partial charge in [0.25, 0.3) is 0 Å². The Hall–Kier alpha value is 0.180. The Balaban J connectivity index is 4.06. The molecule has 98 valence electrons. The highest BCUT2D eigenvalue weighted by Crippen LogP contribution is 2.21. The minimum absolute atomic E-state index is 0.268. The van der Waals surface area contributed by atoms with Crippen molar-refractivity contribution in [3.63, 3.8) is 0 Å².